The second kappa shape index (κ2) is 12.4. The van der Waals surface area contributed by atoms with E-state index < -0.39 is 0 Å². The summed E-state index contributed by atoms with van der Waals surface area (Å²) in [6.45, 7) is 5.88. The van der Waals surface area contributed by atoms with Crippen molar-refractivity contribution in [3.63, 3.8) is 0 Å². The molecule has 1 aliphatic heterocycles. The molecule has 0 amide bonds. The van der Waals surface area contributed by atoms with E-state index in [-0.39, 0.29) is 35.8 Å². The van der Waals surface area contributed by atoms with Crippen LogP contribution in [0.15, 0.2) is 29.5 Å². The van der Waals surface area contributed by atoms with Crippen LogP contribution in [0.1, 0.15) is 37.2 Å². The van der Waals surface area contributed by atoms with Crippen LogP contribution in [-0.2, 0) is 13.0 Å². The average Bonchev–Trinajstić information content (AvgIpc) is 3.40. The first kappa shape index (κ1) is 24.8. The lowest BCUT2D eigenvalue weighted by atomic mass is 10.0. The second-order valence-corrected chi connectivity index (χ2v) is 7.48. The number of benzene rings is 1. The molecule has 0 spiro atoms. The van der Waals surface area contributed by atoms with Crippen molar-refractivity contribution in [3.05, 3.63) is 46.8 Å². The number of aliphatic imine (C=N–C) groups is 1. The SMILES string of the molecule is CCc1nncn1CCNC(=NC)NCC(c1c(F)cccc1Cl)N1CCCC1.I. The summed E-state index contributed by atoms with van der Waals surface area (Å²) in [7, 11) is 1.73. The van der Waals surface area contributed by atoms with E-state index in [1.807, 2.05) is 4.57 Å². The van der Waals surface area contributed by atoms with E-state index in [0.717, 1.165) is 44.7 Å². The minimum Gasteiger partial charge on any atom is -0.355 e. The van der Waals surface area contributed by atoms with Crippen molar-refractivity contribution < 1.29 is 4.39 Å². The minimum absolute atomic E-state index is 0. The predicted octanol–water partition coefficient (Wildman–Crippen LogP) is 3.25. The molecule has 2 heterocycles. The van der Waals surface area contributed by atoms with Crippen molar-refractivity contribution in [2.24, 2.45) is 4.99 Å². The summed E-state index contributed by atoms with van der Waals surface area (Å²) in [6, 6.07) is 4.72. The second-order valence-electron chi connectivity index (χ2n) is 7.07. The van der Waals surface area contributed by atoms with Crippen LogP contribution >= 0.6 is 35.6 Å². The number of aromatic nitrogens is 3. The highest BCUT2D eigenvalue weighted by Crippen LogP contribution is 2.31. The average molecular weight is 550 g/mol. The molecule has 30 heavy (non-hydrogen) atoms. The van der Waals surface area contributed by atoms with E-state index in [1.165, 1.54) is 6.07 Å². The maximum Gasteiger partial charge on any atom is 0.191 e. The van der Waals surface area contributed by atoms with Crippen LogP contribution in [0, 0.1) is 5.82 Å². The Morgan fingerprint density at radius 3 is 2.73 bits per heavy atom. The van der Waals surface area contributed by atoms with Gasteiger partial charge in [-0.3, -0.25) is 9.89 Å². The number of aryl methyl sites for hydroxylation is 1. The normalized spacial score (nSPS) is 15.7. The zero-order chi connectivity index (χ0) is 20.6. The summed E-state index contributed by atoms with van der Waals surface area (Å²) in [5, 5.41) is 15.1. The van der Waals surface area contributed by atoms with E-state index in [0.29, 0.717) is 29.6 Å². The molecule has 0 radical (unpaired) electrons. The first-order chi connectivity index (χ1) is 14.1. The molecule has 7 nitrogen and oxygen atoms in total. The number of halogens is 3. The zero-order valence-electron chi connectivity index (χ0n) is 17.4. The van der Waals surface area contributed by atoms with Crippen LogP contribution < -0.4 is 10.6 Å². The van der Waals surface area contributed by atoms with Crippen LogP contribution in [0.3, 0.4) is 0 Å². The molecule has 2 N–H and O–H groups in total. The molecule has 2 aromatic rings. The van der Waals surface area contributed by atoms with Crippen LogP contribution in [-0.4, -0.2) is 58.9 Å². The van der Waals surface area contributed by atoms with Gasteiger partial charge in [-0.05, 0) is 38.1 Å². The van der Waals surface area contributed by atoms with Crippen LogP contribution in [0.2, 0.25) is 5.02 Å². The lowest BCUT2D eigenvalue weighted by Crippen LogP contribution is -2.43. The Hall–Kier alpha value is -1.46. The Kier molecular flexibility index (Phi) is 10.3. The molecule has 166 valence electrons. The summed E-state index contributed by atoms with van der Waals surface area (Å²) in [5.74, 6) is 1.37. The Labute approximate surface area is 199 Å². The molecule has 3 rings (SSSR count). The van der Waals surface area contributed by atoms with Gasteiger partial charge in [0.15, 0.2) is 5.96 Å². The molecule has 1 aliphatic rings. The first-order valence-electron chi connectivity index (χ1n) is 10.1. The maximum absolute atomic E-state index is 14.6. The lowest BCUT2D eigenvalue weighted by molar-refractivity contribution is 0.240. The lowest BCUT2D eigenvalue weighted by Gasteiger charge is -2.29. The van der Waals surface area contributed by atoms with Crippen molar-refractivity contribution in [3.8, 4) is 0 Å². The number of guanidine groups is 1. The Morgan fingerprint density at radius 2 is 2.07 bits per heavy atom. The fraction of sp³-hybridized carbons (Fsp3) is 0.550. The highest BCUT2D eigenvalue weighted by Gasteiger charge is 2.27. The Morgan fingerprint density at radius 1 is 1.30 bits per heavy atom. The molecule has 0 aliphatic carbocycles. The molecule has 1 aromatic heterocycles. The Bertz CT molecular complexity index is 803. The van der Waals surface area contributed by atoms with Crippen molar-refractivity contribution >= 4 is 41.5 Å². The van der Waals surface area contributed by atoms with Gasteiger partial charge in [0.2, 0.25) is 0 Å². The third-order valence-corrected chi connectivity index (χ3v) is 5.59. The zero-order valence-corrected chi connectivity index (χ0v) is 20.5. The number of rotatable bonds is 8. The van der Waals surface area contributed by atoms with Gasteiger partial charge in [-0.15, -0.1) is 34.2 Å². The molecule has 1 saturated heterocycles. The fourth-order valence-corrected chi connectivity index (χ4v) is 4.03. The summed E-state index contributed by atoms with van der Waals surface area (Å²) in [5.41, 5.74) is 0.552. The standard InChI is InChI=1S/C20H29ClFN7.HI/c1-3-18-27-26-14-29(18)12-9-24-20(23-2)25-13-17(28-10-4-5-11-28)19-15(21)7-6-8-16(19)22;/h6-8,14,17H,3-5,9-13H2,1-2H3,(H2,23,24,25);1H. The molecular weight excluding hydrogens is 520 g/mol. The fourth-order valence-electron chi connectivity index (χ4n) is 3.74. The van der Waals surface area contributed by atoms with E-state index >= 15 is 0 Å². The van der Waals surface area contributed by atoms with Crippen LogP contribution in [0.25, 0.3) is 0 Å². The highest BCUT2D eigenvalue weighted by molar-refractivity contribution is 14.0. The van der Waals surface area contributed by atoms with E-state index in [4.69, 9.17) is 11.6 Å². The van der Waals surface area contributed by atoms with E-state index in [1.54, 1.807) is 25.5 Å². The van der Waals surface area contributed by atoms with Gasteiger partial charge in [0.05, 0.1) is 6.04 Å². The maximum atomic E-state index is 14.6. The van der Waals surface area contributed by atoms with Gasteiger partial charge in [-0.25, -0.2) is 4.39 Å². The summed E-state index contributed by atoms with van der Waals surface area (Å²) in [6.07, 6.45) is 4.82. The van der Waals surface area contributed by atoms with Gasteiger partial charge in [0.25, 0.3) is 0 Å². The predicted molar refractivity (Wildman–Crippen MR) is 129 cm³/mol. The van der Waals surface area contributed by atoms with E-state index in [9.17, 15) is 4.39 Å². The summed E-state index contributed by atoms with van der Waals surface area (Å²) < 4.78 is 16.6. The number of hydrogen-bond acceptors (Lipinski definition) is 4. The van der Waals surface area contributed by atoms with Gasteiger partial charge in [0, 0.05) is 43.7 Å². The smallest absolute Gasteiger partial charge is 0.191 e. The van der Waals surface area contributed by atoms with Gasteiger partial charge in [-0.2, -0.15) is 0 Å². The molecule has 1 unspecified atom stereocenters. The number of hydrogen-bond donors (Lipinski definition) is 2. The monoisotopic (exact) mass is 549 g/mol. The minimum atomic E-state index is -0.265. The molecule has 1 atom stereocenters. The van der Waals surface area contributed by atoms with Gasteiger partial charge in [0.1, 0.15) is 18.0 Å². The van der Waals surface area contributed by atoms with Crippen LogP contribution in [0.5, 0.6) is 0 Å². The summed E-state index contributed by atoms with van der Waals surface area (Å²) >= 11 is 6.37. The van der Waals surface area contributed by atoms with Crippen molar-refractivity contribution in [1.82, 2.24) is 30.3 Å². The third kappa shape index (κ3) is 6.27. The molecule has 10 heteroatoms. The highest BCUT2D eigenvalue weighted by atomic mass is 127. The quantitative estimate of drug-likeness (QED) is 0.301. The Balaban J connectivity index is 0.00000320. The molecule has 1 aromatic carbocycles. The largest absolute Gasteiger partial charge is 0.355 e. The van der Waals surface area contributed by atoms with Crippen molar-refractivity contribution in [1.29, 1.82) is 0 Å². The first-order valence-corrected chi connectivity index (χ1v) is 10.5. The van der Waals surface area contributed by atoms with Crippen molar-refractivity contribution in [2.45, 2.75) is 38.8 Å². The summed E-state index contributed by atoms with van der Waals surface area (Å²) in [4.78, 5) is 6.58. The van der Waals surface area contributed by atoms with Gasteiger partial charge < -0.3 is 15.2 Å². The molecule has 0 saturated carbocycles. The number of nitrogens with one attached hydrogen (secondary N) is 2. The van der Waals surface area contributed by atoms with Gasteiger partial charge >= 0.3 is 0 Å². The number of likely N-dealkylation sites (tertiary alicyclic amines) is 1. The number of nitrogens with zero attached hydrogens (tertiary/aromatic N) is 5. The molecule has 0 bridgehead atoms. The topological polar surface area (TPSA) is 70.4 Å². The van der Waals surface area contributed by atoms with Crippen molar-refractivity contribution in [2.75, 3.05) is 33.2 Å². The van der Waals surface area contributed by atoms with Gasteiger partial charge in [-0.1, -0.05) is 24.6 Å². The van der Waals surface area contributed by atoms with E-state index in [2.05, 4.69) is 37.6 Å². The van der Waals surface area contributed by atoms with Crippen LogP contribution in [0.4, 0.5) is 4.39 Å². The molecule has 1 fully saturated rings. The third-order valence-electron chi connectivity index (χ3n) is 5.26. The molecular formula is C20H30ClFIN7.